The van der Waals surface area contributed by atoms with Crippen LogP contribution in [0.1, 0.15) is 9.75 Å². The number of guanidine groups is 1. The number of aryl methyl sites for hydroxylation is 1. The Morgan fingerprint density at radius 2 is 1.95 bits per heavy atom. The van der Waals surface area contributed by atoms with E-state index in [1.54, 1.807) is 25.6 Å². The second kappa shape index (κ2) is 6.99. The molecule has 0 atom stereocenters. The number of hydrogen-bond donors (Lipinski definition) is 2. The standard InChI is InChI=1S/C15H19N3O2S/c1-10-4-6-12(21-10)9-17-15(16)18-11-5-7-13(19-2)14(8-11)20-3/h4-8H,9H2,1-3H3,(H3,16,17,18). The molecular weight excluding hydrogens is 286 g/mol. The molecule has 5 nitrogen and oxygen atoms in total. The Labute approximate surface area is 128 Å². The van der Waals surface area contributed by atoms with Gasteiger partial charge in [0.2, 0.25) is 0 Å². The third kappa shape index (κ3) is 4.13. The van der Waals surface area contributed by atoms with E-state index >= 15 is 0 Å². The van der Waals surface area contributed by atoms with Crippen molar-refractivity contribution in [3.05, 3.63) is 40.1 Å². The van der Waals surface area contributed by atoms with Crippen LogP contribution in [0.3, 0.4) is 0 Å². The zero-order chi connectivity index (χ0) is 15.2. The van der Waals surface area contributed by atoms with Gasteiger partial charge in [-0.2, -0.15) is 0 Å². The first kappa shape index (κ1) is 15.2. The summed E-state index contributed by atoms with van der Waals surface area (Å²) in [6.07, 6.45) is 0. The van der Waals surface area contributed by atoms with Gasteiger partial charge in [0.25, 0.3) is 0 Å². The van der Waals surface area contributed by atoms with Crippen molar-refractivity contribution in [3.63, 3.8) is 0 Å². The summed E-state index contributed by atoms with van der Waals surface area (Å²) in [5, 5.41) is 3.04. The number of thiophene rings is 1. The van der Waals surface area contributed by atoms with Crippen LogP contribution in [0.2, 0.25) is 0 Å². The predicted molar refractivity (Wildman–Crippen MR) is 87.6 cm³/mol. The average Bonchev–Trinajstić information content (AvgIpc) is 2.90. The van der Waals surface area contributed by atoms with Gasteiger partial charge in [0.15, 0.2) is 17.5 Å². The number of benzene rings is 1. The molecule has 21 heavy (non-hydrogen) atoms. The van der Waals surface area contributed by atoms with Crippen molar-refractivity contribution in [2.75, 3.05) is 19.5 Å². The van der Waals surface area contributed by atoms with Crippen LogP contribution < -0.4 is 20.5 Å². The Morgan fingerprint density at radius 1 is 1.19 bits per heavy atom. The molecule has 0 fully saturated rings. The van der Waals surface area contributed by atoms with Crippen molar-refractivity contribution in [1.82, 2.24) is 0 Å². The number of nitrogens with zero attached hydrogens (tertiary/aromatic N) is 1. The number of rotatable bonds is 5. The monoisotopic (exact) mass is 305 g/mol. The maximum atomic E-state index is 5.89. The number of methoxy groups -OCH3 is 2. The van der Waals surface area contributed by atoms with E-state index < -0.39 is 0 Å². The molecule has 0 saturated carbocycles. The highest BCUT2D eigenvalue weighted by atomic mass is 32.1. The van der Waals surface area contributed by atoms with Gasteiger partial charge in [-0.25, -0.2) is 4.99 Å². The molecule has 0 unspecified atom stereocenters. The van der Waals surface area contributed by atoms with E-state index in [1.807, 2.05) is 18.2 Å². The summed E-state index contributed by atoms with van der Waals surface area (Å²) in [6, 6.07) is 9.63. The summed E-state index contributed by atoms with van der Waals surface area (Å²) in [7, 11) is 3.20. The van der Waals surface area contributed by atoms with Crippen LogP contribution in [-0.4, -0.2) is 20.2 Å². The van der Waals surface area contributed by atoms with E-state index in [9.17, 15) is 0 Å². The van der Waals surface area contributed by atoms with E-state index in [4.69, 9.17) is 15.2 Å². The molecule has 0 aliphatic rings. The number of aliphatic imine (C=N–C) groups is 1. The van der Waals surface area contributed by atoms with Crippen molar-refractivity contribution in [2.45, 2.75) is 13.5 Å². The lowest BCUT2D eigenvalue weighted by molar-refractivity contribution is 0.355. The van der Waals surface area contributed by atoms with Gasteiger partial charge in [0, 0.05) is 21.5 Å². The minimum absolute atomic E-state index is 0.369. The SMILES string of the molecule is COc1ccc(NC(N)=NCc2ccc(C)s2)cc1OC. The van der Waals surface area contributed by atoms with Crippen LogP contribution >= 0.6 is 11.3 Å². The normalized spacial score (nSPS) is 11.3. The third-order valence-corrected chi connectivity index (χ3v) is 3.84. The highest BCUT2D eigenvalue weighted by molar-refractivity contribution is 7.11. The second-order valence-corrected chi connectivity index (χ2v) is 5.78. The molecule has 2 aromatic rings. The second-order valence-electron chi connectivity index (χ2n) is 4.41. The van der Waals surface area contributed by atoms with Gasteiger partial charge >= 0.3 is 0 Å². The van der Waals surface area contributed by atoms with E-state index in [1.165, 1.54) is 9.75 Å². The van der Waals surface area contributed by atoms with Crippen LogP contribution in [0.5, 0.6) is 11.5 Å². The van der Waals surface area contributed by atoms with Crippen molar-refractivity contribution >= 4 is 23.0 Å². The molecule has 6 heteroatoms. The fraction of sp³-hybridized carbons (Fsp3) is 0.267. The van der Waals surface area contributed by atoms with Gasteiger partial charge in [-0.3, -0.25) is 0 Å². The fourth-order valence-corrected chi connectivity index (χ4v) is 2.65. The van der Waals surface area contributed by atoms with Crippen LogP contribution in [-0.2, 0) is 6.54 Å². The molecule has 0 spiro atoms. The predicted octanol–water partition coefficient (Wildman–Crippen LogP) is 3.00. The van der Waals surface area contributed by atoms with E-state index in [2.05, 4.69) is 29.4 Å². The molecule has 0 radical (unpaired) electrons. The topological polar surface area (TPSA) is 68.9 Å². The Kier molecular flexibility index (Phi) is 5.05. The molecule has 0 bridgehead atoms. The molecule has 1 heterocycles. The maximum absolute atomic E-state index is 5.89. The van der Waals surface area contributed by atoms with E-state index in [0.717, 1.165) is 5.69 Å². The summed E-state index contributed by atoms with van der Waals surface area (Å²) >= 11 is 1.72. The van der Waals surface area contributed by atoms with Crippen molar-refractivity contribution in [1.29, 1.82) is 0 Å². The average molecular weight is 305 g/mol. The summed E-state index contributed by atoms with van der Waals surface area (Å²) in [5.74, 6) is 1.69. The molecule has 0 saturated heterocycles. The van der Waals surface area contributed by atoms with Gasteiger partial charge in [-0.1, -0.05) is 0 Å². The van der Waals surface area contributed by atoms with Crippen LogP contribution in [0.4, 0.5) is 5.69 Å². The molecular formula is C15H19N3O2S. The molecule has 0 aliphatic heterocycles. The lowest BCUT2D eigenvalue weighted by Gasteiger charge is -2.10. The van der Waals surface area contributed by atoms with Gasteiger partial charge in [0.05, 0.1) is 20.8 Å². The summed E-state index contributed by atoms with van der Waals surface area (Å²) in [6.45, 7) is 2.65. The Morgan fingerprint density at radius 3 is 2.57 bits per heavy atom. The van der Waals surface area contributed by atoms with Crippen LogP contribution in [0, 0.1) is 6.92 Å². The lowest BCUT2D eigenvalue weighted by Crippen LogP contribution is -2.22. The minimum Gasteiger partial charge on any atom is -0.493 e. The Balaban J connectivity index is 2.03. The summed E-state index contributed by atoms with van der Waals surface area (Å²) in [5.41, 5.74) is 6.70. The maximum Gasteiger partial charge on any atom is 0.193 e. The quantitative estimate of drug-likeness (QED) is 0.658. The molecule has 0 aliphatic carbocycles. The number of nitrogens with two attached hydrogens (primary N) is 1. The summed E-state index contributed by atoms with van der Waals surface area (Å²) < 4.78 is 10.4. The number of hydrogen-bond acceptors (Lipinski definition) is 4. The van der Waals surface area contributed by atoms with Crippen molar-refractivity contribution < 1.29 is 9.47 Å². The zero-order valence-electron chi connectivity index (χ0n) is 12.3. The minimum atomic E-state index is 0.369. The highest BCUT2D eigenvalue weighted by Gasteiger charge is 2.05. The van der Waals surface area contributed by atoms with E-state index in [-0.39, 0.29) is 0 Å². The highest BCUT2D eigenvalue weighted by Crippen LogP contribution is 2.29. The van der Waals surface area contributed by atoms with E-state index in [0.29, 0.717) is 24.0 Å². The van der Waals surface area contributed by atoms with Gasteiger partial charge in [0.1, 0.15) is 0 Å². The van der Waals surface area contributed by atoms with Crippen molar-refractivity contribution in [2.24, 2.45) is 10.7 Å². The van der Waals surface area contributed by atoms with Crippen LogP contribution in [0.25, 0.3) is 0 Å². The molecule has 3 N–H and O–H groups in total. The number of ether oxygens (including phenoxy) is 2. The molecule has 0 amide bonds. The Hall–Kier alpha value is -2.21. The zero-order valence-corrected chi connectivity index (χ0v) is 13.2. The van der Waals surface area contributed by atoms with Gasteiger partial charge < -0.3 is 20.5 Å². The first-order valence-electron chi connectivity index (χ1n) is 6.46. The molecule has 112 valence electrons. The van der Waals surface area contributed by atoms with Crippen molar-refractivity contribution in [3.8, 4) is 11.5 Å². The molecule has 1 aromatic carbocycles. The summed E-state index contributed by atoms with van der Waals surface area (Å²) in [4.78, 5) is 6.78. The number of nitrogens with one attached hydrogen (secondary N) is 1. The first-order valence-corrected chi connectivity index (χ1v) is 7.28. The third-order valence-electron chi connectivity index (χ3n) is 2.86. The smallest absolute Gasteiger partial charge is 0.193 e. The Bertz CT molecular complexity index is 638. The van der Waals surface area contributed by atoms with Gasteiger partial charge in [-0.15, -0.1) is 11.3 Å². The molecule has 2 rings (SSSR count). The van der Waals surface area contributed by atoms with Crippen LogP contribution in [0.15, 0.2) is 35.3 Å². The first-order chi connectivity index (χ1) is 10.1. The number of anilines is 1. The lowest BCUT2D eigenvalue weighted by atomic mass is 10.3. The van der Waals surface area contributed by atoms with Gasteiger partial charge in [-0.05, 0) is 31.2 Å². The largest absolute Gasteiger partial charge is 0.493 e. The fourth-order valence-electron chi connectivity index (χ4n) is 1.83. The molecule has 1 aromatic heterocycles.